The highest BCUT2D eigenvalue weighted by molar-refractivity contribution is 7.89. The van der Waals surface area contributed by atoms with Gasteiger partial charge >= 0.3 is 0 Å². The second-order valence-electron chi connectivity index (χ2n) is 4.41. The second kappa shape index (κ2) is 5.55. The Morgan fingerprint density at radius 3 is 2.67 bits per heavy atom. The molecule has 0 heterocycles. The van der Waals surface area contributed by atoms with Gasteiger partial charge in [-0.1, -0.05) is 12.1 Å². The van der Waals surface area contributed by atoms with E-state index in [2.05, 4.69) is 0 Å². The number of rotatable bonds is 6. The van der Waals surface area contributed by atoms with Crippen molar-refractivity contribution in [3.8, 4) is 0 Å². The van der Waals surface area contributed by atoms with Crippen molar-refractivity contribution in [2.45, 2.75) is 25.4 Å². The third-order valence-electron chi connectivity index (χ3n) is 2.87. The summed E-state index contributed by atoms with van der Waals surface area (Å²) in [5, 5.41) is 0. The standard InChI is InChI=1S/C12H15ClFNO2S/c13-6-7-18(16,17)15(12-4-5-12)9-10-2-1-3-11(14)8-10/h1-3,8,12H,4-7,9H2. The van der Waals surface area contributed by atoms with Crippen LogP contribution in [0.5, 0.6) is 0 Å². The van der Waals surface area contributed by atoms with Crippen molar-refractivity contribution in [3.63, 3.8) is 0 Å². The molecule has 0 saturated heterocycles. The first-order valence-corrected chi connectivity index (χ1v) is 7.97. The van der Waals surface area contributed by atoms with Gasteiger partial charge in [-0.2, -0.15) is 4.31 Å². The van der Waals surface area contributed by atoms with Crippen molar-refractivity contribution in [3.05, 3.63) is 35.6 Å². The topological polar surface area (TPSA) is 37.4 Å². The number of hydrogen-bond acceptors (Lipinski definition) is 2. The zero-order valence-corrected chi connectivity index (χ0v) is 11.4. The van der Waals surface area contributed by atoms with Crippen molar-refractivity contribution in [1.29, 1.82) is 0 Å². The number of nitrogens with zero attached hydrogens (tertiary/aromatic N) is 1. The summed E-state index contributed by atoms with van der Waals surface area (Å²) < 4.78 is 38.6. The smallest absolute Gasteiger partial charge is 0.212 e. The SMILES string of the molecule is O=S(=O)(CCCl)N(Cc1cccc(F)c1)C1CC1. The largest absolute Gasteiger partial charge is 0.215 e. The van der Waals surface area contributed by atoms with Crippen LogP contribution in [0.3, 0.4) is 0 Å². The van der Waals surface area contributed by atoms with E-state index < -0.39 is 10.0 Å². The van der Waals surface area contributed by atoms with Crippen LogP contribution in [0.2, 0.25) is 0 Å². The predicted octanol–water partition coefficient (Wildman–Crippen LogP) is 2.36. The summed E-state index contributed by atoms with van der Waals surface area (Å²) in [5.74, 6) is -0.340. The van der Waals surface area contributed by atoms with Gasteiger partial charge in [0.25, 0.3) is 0 Å². The lowest BCUT2D eigenvalue weighted by molar-refractivity contribution is 0.399. The summed E-state index contributed by atoms with van der Waals surface area (Å²) in [6.45, 7) is 0.224. The maximum Gasteiger partial charge on any atom is 0.215 e. The quantitative estimate of drug-likeness (QED) is 0.755. The first kappa shape index (κ1) is 13.8. The summed E-state index contributed by atoms with van der Waals surface area (Å²) in [5.41, 5.74) is 0.667. The molecule has 1 aromatic rings. The maximum absolute atomic E-state index is 13.1. The Hall–Kier alpha value is -0.650. The van der Waals surface area contributed by atoms with Gasteiger partial charge < -0.3 is 0 Å². The molecule has 1 saturated carbocycles. The van der Waals surface area contributed by atoms with Gasteiger partial charge in [0.1, 0.15) is 5.82 Å². The van der Waals surface area contributed by atoms with E-state index in [0.717, 1.165) is 12.8 Å². The fraction of sp³-hybridized carbons (Fsp3) is 0.500. The highest BCUT2D eigenvalue weighted by Crippen LogP contribution is 2.31. The summed E-state index contributed by atoms with van der Waals surface area (Å²) in [7, 11) is -3.34. The van der Waals surface area contributed by atoms with E-state index in [-0.39, 0.29) is 30.0 Å². The van der Waals surface area contributed by atoms with Gasteiger partial charge in [0.05, 0.1) is 5.75 Å². The van der Waals surface area contributed by atoms with Crippen LogP contribution < -0.4 is 0 Å². The molecule has 0 atom stereocenters. The summed E-state index contributed by atoms with van der Waals surface area (Å²) in [6, 6.07) is 6.09. The Morgan fingerprint density at radius 1 is 1.39 bits per heavy atom. The van der Waals surface area contributed by atoms with Gasteiger partial charge in [-0.3, -0.25) is 0 Å². The number of sulfonamides is 1. The molecule has 0 bridgehead atoms. The van der Waals surface area contributed by atoms with Crippen molar-refractivity contribution in [2.75, 3.05) is 11.6 Å². The van der Waals surface area contributed by atoms with Gasteiger partial charge in [0.15, 0.2) is 0 Å². The first-order chi connectivity index (χ1) is 8.53. The van der Waals surface area contributed by atoms with E-state index in [4.69, 9.17) is 11.6 Å². The lowest BCUT2D eigenvalue weighted by atomic mass is 10.2. The Balaban J connectivity index is 2.17. The number of halogens is 2. The maximum atomic E-state index is 13.1. The molecular formula is C12H15ClFNO2S. The van der Waals surface area contributed by atoms with Gasteiger partial charge in [0.2, 0.25) is 10.0 Å². The van der Waals surface area contributed by atoms with Gasteiger partial charge in [0, 0.05) is 18.5 Å². The molecule has 1 aromatic carbocycles. The fourth-order valence-electron chi connectivity index (χ4n) is 1.85. The molecule has 0 N–H and O–H groups in total. The van der Waals surface area contributed by atoms with Crippen molar-refractivity contribution >= 4 is 21.6 Å². The molecular weight excluding hydrogens is 277 g/mol. The van der Waals surface area contributed by atoms with Crippen LogP contribution in [0.15, 0.2) is 24.3 Å². The minimum absolute atomic E-state index is 0.0569. The van der Waals surface area contributed by atoms with Gasteiger partial charge in [-0.15, -0.1) is 11.6 Å². The van der Waals surface area contributed by atoms with Crippen LogP contribution in [0.1, 0.15) is 18.4 Å². The zero-order chi connectivity index (χ0) is 13.2. The minimum Gasteiger partial charge on any atom is -0.212 e. The van der Waals surface area contributed by atoms with Gasteiger partial charge in [-0.25, -0.2) is 12.8 Å². The molecule has 1 aliphatic carbocycles. The molecule has 2 rings (SSSR count). The monoisotopic (exact) mass is 291 g/mol. The number of hydrogen-bond donors (Lipinski definition) is 0. The van der Waals surface area contributed by atoms with E-state index in [1.54, 1.807) is 12.1 Å². The molecule has 100 valence electrons. The van der Waals surface area contributed by atoms with Crippen LogP contribution in [0, 0.1) is 5.82 Å². The summed E-state index contributed by atoms with van der Waals surface area (Å²) >= 11 is 5.52. The molecule has 0 unspecified atom stereocenters. The van der Waals surface area contributed by atoms with Crippen LogP contribution in [0.4, 0.5) is 4.39 Å². The molecule has 0 aliphatic heterocycles. The molecule has 0 spiro atoms. The normalized spacial score (nSPS) is 16.2. The van der Waals surface area contributed by atoms with E-state index in [1.165, 1.54) is 16.4 Å². The Kier molecular flexibility index (Phi) is 4.25. The lowest BCUT2D eigenvalue weighted by Crippen LogP contribution is -2.35. The summed E-state index contributed by atoms with van der Waals surface area (Å²) in [4.78, 5) is 0. The molecule has 18 heavy (non-hydrogen) atoms. The number of alkyl halides is 1. The Labute approximate surface area is 112 Å². The van der Waals surface area contributed by atoms with Crippen LogP contribution in [-0.2, 0) is 16.6 Å². The molecule has 1 fully saturated rings. The van der Waals surface area contributed by atoms with Crippen LogP contribution >= 0.6 is 11.6 Å². The third-order valence-corrected chi connectivity index (χ3v) is 5.15. The zero-order valence-electron chi connectivity index (χ0n) is 9.85. The van der Waals surface area contributed by atoms with Crippen molar-refractivity contribution in [1.82, 2.24) is 4.31 Å². The molecule has 6 heteroatoms. The average Bonchev–Trinajstić information content (AvgIpc) is 3.09. The van der Waals surface area contributed by atoms with E-state index in [1.807, 2.05) is 0 Å². The third kappa shape index (κ3) is 3.43. The van der Waals surface area contributed by atoms with Gasteiger partial charge in [-0.05, 0) is 30.5 Å². The summed E-state index contributed by atoms with van der Waals surface area (Å²) in [6.07, 6.45) is 1.74. The first-order valence-electron chi connectivity index (χ1n) is 5.83. The molecule has 0 amide bonds. The van der Waals surface area contributed by atoms with E-state index in [0.29, 0.717) is 5.56 Å². The van der Waals surface area contributed by atoms with Crippen molar-refractivity contribution in [2.24, 2.45) is 0 Å². The second-order valence-corrected chi connectivity index (χ2v) is 6.83. The number of benzene rings is 1. The lowest BCUT2D eigenvalue weighted by Gasteiger charge is -2.21. The van der Waals surface area contributed by atoms with Crippen LogP contribution in [-0.4, -0.2) is 30.4 Å². The highest BCUT2D eigenvalue weighted by Gasteiger charge is 2.36. The molecule has 0 aromatic heterocycles. The molecule has 3 nitrogen and oxygen atoms in total. The predicted molar refractivity (Wildman–Crippen MR) is 69.5 cm³/mol. The fourth-order valence-corrected chi connectivity index (χ4v) is 3.87. The Bertz CT molecular complexity index is 517. The Morgan fingerprint density at radius 2 is 2.11 bits per heavy atom. The average molecular weight is 292 g/mol. The van der Waals surface area contributed by atoms with E-state index in [9.17, 15) is 12.8 Å². The van der Waals surface area contributed by atoms with Crippen molar-refractivity contribution < 1.29 is 12.8 Å². The highest BCUT2D eigenvalue weighted by atomic mass is 35.5. The van der Waals surface area contributed by atoms with Crippen LogP contribution in [0.25, 0.3) is 0 Å². The minimum atomic E-state index is -3.34. The molecule has 0 radical (unpaired) electrons. The molecule has 1 aliphatic rings. The van der Waals surface area contributed by atoms with E-state index >= 15 is 0 Å².